The Labute approximate surface area is 178 Å². The molecule has 28 heavy (non-hydrogen) atoms. The maximum absolute atomic E-state index is 8.41. The monoisotopic (exact) mass is 418 g/mol. The van der Waals surface area contributed by atoms with Crippen molar-refractivity contribution in [1.82, 2.24) is 15.1 Å². The van der Waals surface area contributed by atoms with Crippen LogP contribution in [-0.2, 0) is 0 Å². The van der Waals surface area contributed by atoms with E-state index in [2.05, 4.69) is 23.4 Å². The van der Waals surface area contributed by atoms with E-state index < -0.39 is 0 Å². The van der Waals surface area contributed by atoms with Crippen LogP contribution >= 0.6 is 23.2 Å². The lowest BCUT2D eigenvalue weighted by Crippen LogP contribution is -2.29. The van der Waals surface area contributed by atoms with Crippen molar-refractivity contribution in [3.63, 3.8) is 0 Å². The van der Waals surface area contributed by atoms with Crippen LogP contribution in [0.15, 0.2) is 84.4 Å². The third kappa shape index (κ3) is 6.63. The molecule has 0 spiro atoms. The molecule has 0 aliphatic carbocycles. The molecular formula is C22H28Cl2N4. The van der Waals surface area contributed by atoms with Gasteiger partial charge >= 0.3 is 0 Å². The van der Waals surface area contributed by atoms with E-state index in [-0.39, 0.29) is 6.04 Å². The highest BCUT2D eigenvalue weighted by Crippen LogP contribution is 2.32. The van der Waals surface area contributed by atoms with Gasteiger partial charge in [0.05, 0.1) is 17.5 Å². The molecule has 1 aromatic rings. The summed E-state index contributed by atoms with van der Waals surface area (Å²) >= 11 is 12.3. The van der Waals surface area contributed by atoms with Gasteiger partial charge in [-0.2, -0.15) is 0 Å². The molecule has 0 bridgehead atoms. The summed E-state index contributed by atoms with van der Waals surface area (Å²) < 4.78 is 0. The van der Waals surface area contributed by atoms with E-state index in [9.17, 15) is 0 Å². The lowest BCUT2D eigenvalue weighted by atomic mass is 9.93. The summed E-state index contributed by atoms with van der Waals surface area (Å²) in [5.74, 6) is 0. The lowest BCUT2D eigenvalue weighted by Gasteiger charge is -2.34. The first-order chi connectivity index (χ1) is 13.2. The average molecular weight is 419 g/mol. The van der Waals surface area contributed by atoms with Crippen molar-refractivity contribution in [2.24, 2.45) is 0 Å². The highest BCUT2D eigenvalue weighted by molar-refractivity contribution is 6.31. The number of nitrogens with zero attached hydrogens (tertiary/aromatic N) is 2. The van der Waals surface area contributed by atoms with Crippen molar-refractivity contribution < 1.29 is 0 Å². The molecule has 0 heterocycles. The van der Waals surface area contributed by atoms with E-state index in [1.54, 1.807) is 13.1 Å². The van der Waals surface area contributed by atoms with Gasteiger partial charge in [-0.05, 0) is 29.8 Å². The van der Waals surface area contributed by atoms with Gasteiger partial charge in [-0.3, -0.25) is 0 Å². The Balaban J connectivity index is 3.65. The molecule has 1 atom stereocenters. The van der Waals surface area contributed by atoms with E-state index in [0.29, 0.717) is 15.8 Å². The molecule has 4 nitrogen and oxygen atoms in total. The van der Waals surface area contributed by atoms with Crippen LogP contribution in [0.1, 0.15) is 11.6 Å². The Hall–Kier alpha value is -2.43. The van der Waals surface area contributed by atoms with E-state index in [1.165, 1.54) is 6.08 Å². The van der Waals surface area contributed by atoms with Gasteiger partial charge < -0.3 is 20.5 Å². The lowest BCUT2D eigenvalue weighted by molar-refractivity contribution is 0.353. The topological polar surface area (TPSA) is 42.4 Å². The van der Waals surface area contributed by atoms with E-state index in [0.717, 1.165) is 16.8 Å². The Morgan fingerprint density at radius 1 is 1.14 bits per heavy atom. The van der Waals surface area contributed by atoms with Crippen LogP contribution < -0.4 is 5.32 Å². The molecule has 0 saturated carbocycles. The van der Waals surface area contributed by atoms with Crippen molar-refractivity contribution in [3.05, 3.63) is 94.9 Å². The fourth-order valence-corrected chi connectivity index (χ4v) is 2.92. The minimum absolute atomic E-state index is 0.271. The Bertz CT molecular complexity index is 789. The average Bonchev–Trinajstić information content (AvgIpc) is 2.67. The van der Waals surface area contributed by atoms with Gasteiger partial charge in [-0.1, -0.05) is 54.6 Å². The predicted octanol–water partition coefficient (Wildman–Crippen LogP) is 5.33. The summed E-state index contributed by atoms with van der Waals surface area (Å²) in [7, 11) is 7.65. The van der Waals surface area contributed by atoms with Gasteiger partial charge in [0, 0.05) is 56.2 Å². The van der Waals surface area contributed by atoms with Crippen molar-refractivity contribution in [2.45, 2.75) is 6.04 Å². The minimum atomic E-state index is -0.271. The van der Waals surface area contributed by atoms with Crippen LogP contribution in [-0.4, -0.2) is 43.7 Å². The minimum Gasteiger partial charge on any atom is -0.394 e. The Morgan fingerprint density at radius 2 is 1.75 bits per heavy atom. The fraction of sp³-hybridized carbons (Fsp3) is 0.227. The summed E-state index contributed by atoms with van der Waals surface area (Å²) in [6.07, 6.45) is 8.73. The van der Waals surface area contributed by atoms with Crippen molar-refractivity contribution >= 4 is 28.9 Å². The molecule has 6 heteroatoms. The molecule has 0 fully saturated rings. The standard InChI is InChI=1S/C22H28Cl2N4/c1-7-17(23)13-19(15-27(4)5)28(6)22(16-9-11-18(24)12-10-16)20(14-26-3)21(25)8-2/h7-15,22,25-26H,1-2H2,3-6H3/b17-13+,19-15+,20-14+,25-21?. The van der Waals surface area contributed by atoms with E-state index >= 15 is 0 Å². The predicted molar refractivity (Wildman–Crippen MR) is 123 cm³/mol. The molecule has 1 rings (SSSR count). The summed E-state index contributed by atoms with van der Waals surface area (Å²) in [5, 5.41) is 12.6. The largest absolute Gasteiger partial charge is 0.394 e. The van der Waals surface area contributed by atoms with Gasteiger partial charge in [0.1, 0.15) is 0 Å². The van der Waals surface area contributed by atoms with Gasteiger partial charge in [0.15, 0.2) is 0 Å². The number of hydrogen-bond donors (Lipinski definition) is 2. The smallest absolute Gasteiger partial charge is 0.0828 e. The second kappa shape index (κ2) is 11.4. The van der Waals surface area contributed by atoms with Gasteiger partial charge in [-0.15, -0.1) is 0 Å². The van der Waals surface area contributed by atoms with Crippen molar-refractivity contribution in [2.75, 3.05) is 28.2 Å². The molecule has 150 valence electrons. The molecule has 0 aliphatic rings. The molecule has 1 aromatic carbocycles. The molecule has 0 amide bonds. The molecule has 2 N–H and O–H groups in total. The number of hydrogen-bond acceptors (Lipinski definition) is 4. The molecule has 0 saturated heterocycles. The highest BCUT2D eigenvalue weighted by atomic mass is 35.5. The molecule has 0 aromatic heterocycles. The first-order valence-corrected chi connectivity index (χ1v) is 9.45. The van der Waals surface area contributed by atoms with Gasteiger partial charge in [0.2, 0.25) is 0 Å². The van der Waals surface area contributed by atoms with Crippen LogP contribution in [0.3, 0.4) is 0 Å². The van der Waals surface area contributed by atoms with Gasteiger partial charge in [0.25, 0.3) is 0 Å². The summed E-state index contributed by atoms with van der Waals surface area (Å²) in [5.41, 5.74) is 2.92. The Kier molecular flexibility index (Phi) is 9.63. The SMILES string of the molecule is C=CC(=N)/C(=C\NC)C(c1ccc(Cl)cc1)N(C)C(/C=C(/Cl)C=C)=C/N(C)C. The summed E-state index contributed by atoms with van der Waals surface area (Å²) in [6.45, 7) is 7.49. The fourth-order valence-electron chi connectivity index (χ4n) is 2.68. The van der Waals surface area contributed by atoms with E-state index in [1.807, 2.05) is 68.8 Å². The van der Waals surface area contributed by atoms with Crippen molar-refractivity contribution in [3.8, 4) is 0 Å². The zero-order chi connectivity index (χ0) is 21.3. The molecule has 0 aliphatic heterocycles. The highest BCUT2D eigenvalue weighted by Gasteiger charge is 2.25. The number of halogens is 2. The van der Waals surface area contributed by atoms with Crippen molar-refractivity contribution in [1.29, 1.82) is 5.41 Å². The quantitative estimate of drug-likeness (QED) is 0.398. The second-order valence-electron chi connectivity index (χ2n) is 6.32. The first kappa shape index (κ1) is 23.6. The number of likely N-dealkylation sites (N-methyl/N-ethyl adjacent to an activating group) is 1. The zero-order valence-electron chi connectivity index (χ0n) is 16.8. The Morgan fingerprint density at radius 3 is 2.21 bits per heavy atom. The maximum Gasteiger partial charge on any atom is 0.0828 e. The van der Waals surface area contributed by atoms with Crippen LogP contribution in [0, 0.1) is 5.41 Å². The third-order valence-corrected chi connectivity index (χ3v) is 4.48. The van der Waals surface area contributed by atoms with Crippen LogP contribution in [0.25, 0.3) is 0 Å². The molecule has 0 radical (unpaired) electrons. The number of nitrogens with one attached hydrogen (secondary N) is 2. The summed E-state index contributed by atoms with van der Waals surface area (Å²) in [6, 6.07) is 7.32. The first-order valence-electron chi connectivity index (χ1n) is 8.70. The van der Waals surface area contributed by atoms with E-state index in [4.69, 9.17) is 28.6 Å². The number of rotatable bonds is 10. The zero-order valence-corrected chi connectivity index (χ0v) is 18.3. The maximum atomic E-state index is 8.41. The number of benzene rings is 1. The second-order valence-corrected chi connectivity index (χ2v) is 7.19. The normalized spacial score (nSPS) is 13.6. The van der Waals surface area contributed by atoms with Crippen LogP contribution in [0.4, 0.5) is 0 Å². The third-order valence-electron chi connectivity index (χ3n) is 3.96. The molecular weight excluding hydrogens is 391 g/mol. The van der Waals surface area contributed by atoms with Crippen LogP contribution in [0.5, 0.6) is 0 Å². The molecule has 1 unspecified atom stereocenters. The number of allylic oxidation sites excluding steroid dienone is 4. The summed E-state index contributed by atoms with van der Waals surface area (Å²) in [4.78, 5) is 3.99. The van der Waals surface area contributed by atoms with Crippen LogP contribution in [0.2, 0.25) is 5.02 Å². The van der Waals surface area contributed by atoms with Gasteiger partial charge in [-0.25, -0.2) is 0 Å².